The molecule has 0 saturated carbocycles. The van der Waals surface area contributed by atoms with E-state index in [4.69, 9.17) is 9.52 Å². The van der Waals surface area contributed by atoms with Crippen molar-refractivity contribution >= 4 is 17.7 Å². The molecule has 2 amide bonds. The summed E-state index contributed by atoms with van der Waals surface area (Å²) in [5.41, 5.74) is 2.22. The molecular weight excluding hydrogens is 260 g/mol. The van der Waals surface area contributed by atoms with E-state index in [1.807, 2.05) is 0 Å². The van der Waals surface area contributed by atoms with Crippen LogP contribution in [0.4, 0.5) is 10.5 Å². The topological polar surface area (TPSA) is 91.6 Å². The van der Waals surface area contributed by atoms with Crippen LogP contribution in [0.15, 0.2) is 41.2 Å². The molecule has 3 N–H and O–H groups in total. The number of furan rings is 1. The van der Waals surface area contributed by atoms with E-state index in [9.17, 15) is 9.59 Å². The van der Waals surface area contributed by atoms with Crippen LogP contribution < -0.4 is 10.6 Å². The highest BCUT2D eigenvalue weighted by molar-refractivity contribution is 5.93. The molecule has 0 spiro atoms. The molecule has 0 unspecified atom stereocenters. The summed E-state index contributed by atoms with van der Waals surface area (Å²) in [6, 6.07) is 5.91. The molecule has 2 rings (SSSR count). The Kier molecular flexibility index (Phi) is 4.05. The van der Waals surface area contributed by atoms with Gasteiger partial charge in [0.05, 0.1) is 18.1 Å². The van der Waals surface area contributed by atoms with Gasteiger partial charge < -0.3 is 20.2 Å². The predicted molar refractivity (Wildman–Crippen MR) is 72.7 cm³/mol. The van der Waals surface area contributed by atoms with Crippen LogP contribution in [0.25, 0.3) is 0 Å². The zero-order valence-corrected chi connectivity index (χ0v) is 10.8. The van der Waals surface area contributed by atoms with Crippen LogP contribution >= 0.6 is 0 Å². The number of carboxylic acid groups (broad SMARTS) is 1. The third-order valence-electron chi connectivity index (χ3n) is 2.77. The average molecular weight is 274 g/mol. The van der Waals surface area contributed by atoms with Crippen LogP contribution in [0.2, 0.25) is 0 Å². The number of hydrogen-bond acceptors (Lipinski definition) is 3. The van der Waals surface area contributed by atoms with E-state index in [0.717, 1.165) is 11.1 Å². The SMILES string of the molecule is Cc1ccc(C(=O)O)cc1NC(=O)NCc1ccoc1. The second kappa shape index (κ2) is 5.92. The number of rotatable bonds is 4. The van der Waals surface area contributed by atoms with Crippen LogP contribution in [0.1, 0.15) is 21.5 Å². The number of urea groups is 1. The summed E-state index contributed by atoms with van der Waals surface area (Å²) in [7, 11) is 0. The number of carboxylic acids is 1. The highest BCUT2D eigenvalue weighted by Crippen LogP contribution is 2.16. The van der Waals surface area contributed by atoms with E-state index in [2.05, 4.69) is 10.6 Å². The summed E-state index contributed by atoms with van der Waals surface area (Å²) >= 11 is 0. The number of aryl methyl sites for hydroxylation is 1. The molecule has 0 radical (unpaired) electrons. The average Bonchev–Trinajstić information content (AvgIpc) is 2.92. The van der Waals surface area contributed by atoms with Gasteiger partial charge >= 0.3 is 12.0 Å². The number of nitrogens with one attached hydrogen (secondary N) is 2. The van der Waals surface area contributed by atoms with Crippen LogP contribution in [-0.2, 0) is 6.54 Å². The fourth-order valence-electron chi connectivity index (χ4n) is 1.63. The van der Waals surface area contributed by atoms with Crippen LogP contribution in [-0.4, -0.2) is 17.1 Å². The van der Waals surface area contributed by atoms with E-state index >= 15 is 0 Å². The zero-order chi connectivity index (χ0) is 14.5. The minimum atomic E-state index is -1.04. The Balaban J connectivity index is 2.00. The summed E-state index contributed by atoms with van der Waals surface area (Å²) in [4.78, 5) is 22.6. The molecule has 0 aliphatic heterocycles. The van der Waals surface area contributed by atoms with Gasteiger partial charge in [-0.2, -0.15) is 0 Å². The highest BCUT2D eigenvalue weighted by Gasteiger charge is 2.09. The number of amides is 2. The zero-order valence-electron chi connectivity index (χ0n) is 10.8. The van der Waals surface area contributed by atoms with Crippen LogP contribution in [0.5, 0.6) is 0 Å². The van der Waals surface area contributed by atoms with Gasteiger partial charge in [0.2, 0.25) is 0 Å². The molecule has 6 nitrogen and oxygen atoms in total. The smallest absolute Gasteiger partial charge is 0.335 e. The lowest BCUT2D eigenvalue weighted by atomic mass is 10.1. The minimum absolute atomic E-state index is 0.126. The van der Waals surface area contributed by atoms with Crippen molar-refractivity contribution in [1.29, 1.82) is 0 Å². The highest BCUT2D eigenvalue weighted by atomic mass is 16.4. The largest absolute Gasteiger partial charge is 0.478 e. The standard InChI is InChI=1S/C14H14N2O4/c1-9-2-3-11(13(17)18)6-12(9)16-14(19)15-7-10-4-5-20-8-10/h2-6,8H,7H2,1H3,(H,17,18)(H2,15,16,19). The molecule has 0 aliphatic carbocycles. The fraction of sp³-hybridized carbons (Fsp3) is 0.143. The van der Waals surface area contributed by atoms with Gasteiger partial charge in [0.1, 0.15) is 0 Å². The first-order chi connectivity index (χ1) is 9.56. The van der Waals surface area contributed by atoms with Crippen molar-refractivity contribution in [2.24, 2.45) is 0 Å². The molecule has 0 fully saturated rings. The van der Waals surface area contributed by atoms with Gasteiger partial charge in [-0.3, -0.25) is 0 Å². The Hall–Kier alpha value is -2.76. The second-order valence-electron chi connectivity index (χ2n) is 4.27. The molecule has 0 atom stereocenters. The first kappa shape index (κ1) is 13.7. The van der Waals surface area contributed by atoms with Crippen molar-refractivity contribution in [1.82, 2.24) is 5.32 Å². The van der Waals surface area contributed by atoms with E-state index in [-0.39, 0.29) is 5.56 Å². The van der Waals surface area contributed by atoms with E-state index in [1.54, 1.807) is 19.1 Å². The maximum Gasteiger partial charge on any atom is 0.335 e. The van der Waals surface area contributed by atoms with Gasteiger partial charge in [-0.25, -0.2) is 9.59 Å². The lowest BCUT2D eigenvalue weighted by Gasteiger charge is -2.10. The lowest BCUT2D eigenvalue weighted by molar-refractivity contribution is 0.0697. The number of carbonyl (C=O) groups excluding carboxylic acids is 1. The first-order valence-electron chi connectivity index (χ1n) is 5.96. The number of hydrogen-bond donors (Lipinski definition) is 3. The first-order valence-corrected chi connectivity index (χ1v) is 5.96. The molecular formula is C14H14N2O4. The monoisotopic (exact) mass is 274 g/mol. The summed E-state index contributed by atoms with van der Waals surface area (Å²) < 4.78 is 4.89. The normalized spacial score (nSPS) is 10.1. The Morgan fingerprint density at radius 1 is 1.30 bits per heavy atom. The van der Waals surface area contributed by atoms with Crippen LogP contribution in [0.3, 0.4) is 0 Å². The summed E-state index contributed by atoms with van der Waals surface area (Å²) in [6.45, 7) is 2.12. The number of carbonyl (C=O) groups is 2. The number of anilines is 1. The molecule has 1 heterocycles. The predicted octanol–water partition coefficient (Wildman–Crippen LogP) is 2.61. The summed E-state index contributed by atoms with van der Waals surface area (Å²) in [5.74, 6) is -1.04. The Morgan fingerprint density at radius 2 is 2.10 bits per heavy atom. The third kappa shape index (κ3) is 3.38. The lowest BCUT2D eigenvalue weighted by Crippen LogP contribution is -2.28. The maximum atomic E-state index is 11.7. The third-order valence-corrected chi connectivity index (χ3v) is 2.77. The Morgan fingerprint density at radius 3 is 2.75 bits per heavy atom. The Labute approximate surface area is 115 Å². The molecule has 2 aromatic rings. The Bertz CT molecular complexity index is 620. The minimum Gasteiger partial charge on any atom is -0.478 e. The van der Waals surface area contributed by atoms with Gasteiger partial charge in [-0.1, -0.05) is 6.07 Å². The van der Waals surface area contributed by atoms with Gasteiger partial charge in [0, 0.05) is 17.8 Å². The summed E-state index contributed by atoms with van der Waals surface area (Å²) in [6.07, 6.45) is 3.06. The number of aromatic carboxylic acids is 1. The van der Waals surface area contributed by atoms with E-state index in [1.165, 1.54) is 24.7 Å². The molecule has 0 aliphatic rings. The molecule has 20 heavy (non-hydrogen) atoms. The van der Waals surface area contributed by atoms with Crippen molar-refractivity contribution in [3.05, 3.63) is 53.5 Å². The van der Waals surface area contributed by atoms with Crippen molar-refractivity contribution in [2.75, 3.05) is 5.32 Å². The van der Waals surface area contributed by atoms with Crippen molar-refractivity contribution in [3.63, 3.8) is 0 Å². The summed E-state index contributed by atoms with van der Waals surface area (Å²) in [5, 5.41) is 14.2. The molecule has 0 saturated heterocycles. The maximum absolute atomic E-state index is 11.7. The molecule has 6 heteroatoms. The molecule has 1 aromatic heterocycles. The van der Waals surface area contributed by atoms with Crippen LogP contribution in [0, 0.1) is 6.92 Å². The second-order valence-corrected chi connectivity index (χ2v) is 4.27. The van der Waals surface area contributed by atoms with Crippen molar-refractivity contribution in [3.8, 4) is 0 Å². The van der Waals surface area contributed by atoms with Gasteiger partial charge in [-0.05, 0) is 30.7 Å². The van der Waals surface area contributed by atoms with E-state index in [0.29, 0.717) is 12.2 Å². The fourth-order valence-corrected chi connectivity index (χ4v) is 1.63. The quantitative estimate of drug-likeness (QED) is 0.799. The van der Waals surface area contributed by atoms with Crippen molar-refractivity contribution in [2.45, 2.75) is 13.5 Å². The number of benzene rings is 1. The van der Waals surface area contributed by atoms with E-state index < -0.39 is 12.0 Å². The molecule has 0 bridgehead atoms. The van der Waals surface area contributed by atoms with Crippen molar-refractivity contribution < 1.29 is 19.1 Å². The molecule has 1 aromatic carbocycles. The molecule has 104 valence electrons. The van der Waals surface area contributed by atoms with Gasteiger partial charge in [0.15, 0.2) is 0 Å². The van der Waals surface area contributed by atoms with Gasteiger partial charge in [0.25, 0.3) is 0 Å². The van der Waals surface area contributed by atoms with Gasteiger partial charge in [-0.15, -0.1) is 0 Å².